The lowest BCUT2D eigenvalue weighted by Crippen LogP contribution is -2.47. The molecule has 2 aliphatic rings. The first-order chi connectivity index (χ1) is 12.9. The zero-order chi connectivity index (χ0) is 19.3. The summed E-state index contributed by atoms with van der Waals surface area (Å²) in [6.45, 7) is 2.21. The Hall–Kier alpha value is -2.13. The number of likely N-dealkylation sites (tertiary alicyclic amines) is 1. The average Bonchev–Trinajstić information content (AvgIpc) is 3.05. The van der Waals surface area contributed by atoms with Crippen molar-refractivity contribution < 1.29 is 22.7 Å². The second-order valence-electron chi connectivity index (χ2n) is 6.98. The molecule has 1 aromatic rings. The highest BCUT2D eigenvalue weighted by atomic mass is 32.2. The average molecular weight is 395 g/mol. The number of amides is 2. The number of sulfonamides is 1. The van der Waals surface area contributed by atoms with Crippen LogP contribution in [0.25, 0.3) is 0 Å². The van der Waals surface area contributed by atoms with Crippen molar-refractivity contribution in [3.05, 3.63) is 35.9 Å². The van der Waals surface area contributed by atoms with Crippen LogP contribution in [0, 0.1) is 5.92 Å². The highest BCUT2D eigenvalue weighted by Gasteiger charge is 2.29. The summed E-state index contributed by atoms with van der Waals surface area (Å²) in [4.78, 5) is 27.0. The van der Waals surface area contributed by atoms with Gasteiger partial charge in [0, 0.05) is 19.6 Å². The van der Waals surface area contributed by atoms with E-state index in [1.54, 1.807) is 17.0 Å². The first kappa shape index (κ1) is 19.6. The molecule has 9 heteroatoms. The van der Waals surface area contributed by atoms with Crippen LogP contribution < -0.4 is 4.72 Å². The number of hydrogen-bond acceptors (Lipinski definition) is 5. The number of piperidine rings is 1. The van der Waals surface area contributed by atoms with E-state index in [9.17, 15) is 18.0 Å². The highest BCUT2D eigenvalue weighted by Crippen LogP contribution is 2.17. The van der Waals surface area contributed by atoms with E-state index in [0.717, 1.165) is 18.4 Å². The Labute approximate surface area is 159 Å². The van der Waals surface area contributed by atoms with Crippen LogP contribution in [0.5, 0.6) is 0 Å². The van der Waals surface area contributed by atoms with Crippen LogP contribution in [0.2, 0.25) is 0 Å². The van der Waals surface area contributed by atoms with Gasteiger partial charge in [-0.15, -0.1) is 0 Å². The number of hydrogen-bond donors (Lipinski definition) is 1. The standard InChI is InChI=1S/C18H25N3O5S/c22-17(13-21-9-10-26-18(21)23)20-8-4-7-16(12-20)11-19-27(24,25)14-15-5-2-1-3-6-15/h1-3,5-6,16,19H,4,7-14H2/t16-/m0/s1. The molecule has 0 saturated carbocycles. The first-order valence-electron chi connectivity index (χ1n) is 9.14. The maximum atomic E-state index is 12.4. The maximum absolute atomic E-state index is 12.4. The van der Waals surface area contributed by atoms with Crippen LogP contribution in [-0.2, 0) is 25.3 Å². The Morgan fingerprint density at radius 2 is 2.00 bits per heavy atom. The van der Waals surface area contributed by atoms with Gasteiger partial charge in [0.2, 0.25) is 15.9 Å². The Morgan fingerprint density at radius 1 is 1.22 bits per heavy atom. The molecule has 0 spiro atoms. The molecule has 1 atom stereocenters. The van der Waals surface area contributed by atoms with E-state index < -0.39 is 16.1 Å². The molecule has 2 aliphatic heterocycles. The third-order valence-electron chi connectivity index (χ3n) is 4.83. The lowest BCUT2D eigenvalue weighted by molar-refractivity contribution is -0.133. The van der Waals surface area contributed by atoms with Gasteiger partial charge in [0.25, 0.3) is 0 Å². The summed E-state index contributed by atoms with van der Waals surface area (Å²) in [5.41, 5.74) is 0.739. The summed E-state index contributed by atoms with van der Waals surface area (Å²) in [5, 5.41) is 0. The molecule has 148 valence electrons. The second-order valence-corrected chi connectivity index (χ2v) is 8.78. The van der Waals surface area contributed by atoms with Crippen molar-refractivity contribution in [2.75, 3.05) is 39.3 Å². The minimum atomic E-state index is -3.42. The molecular formula is C18H25N3O5S. The van der Waals surface area contributed by atoms with E-state index in [4.69, 9.17) is 4.74 Å². The van der Waals surface area contributed by atoms with Gasteiger partial charge in [-0.2, -0.15) is 0 Å². The van der Waals surface area contributed by atoms with E-state index >= 15 is 0 Å². The lowest BCUT2D eigenvalue weighted by atomic mass is 9.98. The van der Waals surface area contributed by atoms with E-state index in [-0.39, 0.29) is 24.1 Å². The SMILES string of the molecule is O=C(CN1CCOC1=O)N1CCC[C@@H](CNS(=O)(=O)Cc2ccccc2)C1. The molecule has 1 aromatic carbocycles. The fourth-order valence-corrected chi connectivity index (χ4v) is 4.60. The van der Waals surface area contributed by atoms with Crippen molar-refractivity contribution >= 4 is 22.0 Å². The van der Waals surface area contributed by atoms with Gasteiger partial charge in [0.05, 0.1) is 12.3 Å². The molecule has 27 heavy (non-hydrogen) atoms. The normalized spacial score (nSPS) is 20.6. The van der Waals surface area contributed by atoms with Crippen molar-refractivity contribution in [2.45, 2.75) is 18.6 Å². The van der Waals surface area contributed by atoms with Crippen LogP contribution >= 0.6 is 0 Å². The third-order valence-corrected chi connectivity index (χ3v) is 6.15. The predicted octanol–water partition coefficient (Wildman–Crippen LogP) is 0.797. The van der Waals surface area contributed by atoms with Crippen LogP contribution in [0.4, 0.5) is 4.79 Å². The minimum absolute atomic E-state index is 0.0191. The number of carbonyl (C=O) groups excluding carboxylic acids is 2. The Morgan fingerprint density at radius 3 is 2.70 bits per heavy atom. The molecule has 0 bridgehead atoms. The predicted molar refractivity (Wildman–Crippen MR) is 99.3 cm³/mol. The summed E-state index contributed by atoms with van der Waals surface area (Å²) in [6, 6.07) is 9.03. The lowest BCUT2D eigenvalue weighted by Gasteiger charge is -2.33. The van der Waals surface area contributed by atoms with Crippen molar-refractivity contribution in [1.29, 1.82) is 0 Å². The largest absolute Gasteiger partial charge is 0.448 e. The molecule has 0 radical (unpaired) electrons. The van der Waals surface area contributed by atoms with Gasteiger partial charge in [0.1, 0.15) is 13.2 Å². The molecule has 3 rings (SSSR count). The Balaban J connectivity index is 1.47. The summed E-state index contributed by atoms with van der Waals surface area (Å²) < 4.78 is 32.1. The van der Waals surface area contributed by atoms with Gasteiger partial charge in [-0.05, 0) is 24.3 Å². The quantitative estimate of drug-likeness (QED) is 0.737. The topological polar surface area (TPSA) is 96.0 Å². The van der Waals surface area contributed by atoms with Crippen molar-refractivity contribution in [3.8, 4) is 0 Å². The zero-order valence-electron chi connectivity index (χ0n) is 15.2. The summed E-state index contributed by atoms with van der Waals surface area (Å²) in [7, 11) is -3.42. The van der Waals surface area contributed by atoms with Gasteiger partial charge >= 0.3 is 6.09 Å². The van der Waals surface area contributed by atoms with Gasteiger partial charge in [-0.3, -0.25) is 9.69 Å². The number of nitrogens with one attached hydrogen (secondary N) is 1. The molecule has 0 unspecified atom stereocenters. The molecule has 0 aliphatic carbocycles. The second kappa shape index (κ2) is 8.71. The molecule has 2 amide bonds. The number of cyclic esters (lactones) is 1. The van der Waals surface area contributed by atoms with Gasteiger partial charge in [0.15, 0.2) is 0 Å². The molecule has 1 N–H and O–H groups in total. The molecular weight excluding hydrogens is 370 g/mol. The van der Waals surface area contributed by atoms with Crippen LogP contribution in [0.15, 0.2) is 30.3 Å². The van der Waals surface area contributed by atoms with E-state index in [1.165, 1.54) is 4.90 Å². The van der Waals surface area contributed by atoms with E-state index in [1.807, 2.05) is 18.2 Å². The van der Waals surface area contributed by atoms with Gasteiger partial charge in [-0.25, -0.2) is 17.9 Å². The molecule has 0 aromatic heterocycles. The number of rotatable bonds is 7. The third kappa shape index (κ3) is 5.67. The number of ether oxygens (including phenoxy) is 1. The highest BCUT2D eigenvalue weighted by molar-refractivity contribution is 7.88. The fraction of sp³-hybridized carbons (Fsp3) is 0.556. The number of nitrogens with zero attached hydrogens (tertiary/aromatic N) is 2. The van der Waals surface area contributed by atoms with E-state index in [2.05, 4.69) is 4.72 Å². The molecule has 2 saturated heterocycles. The van der Waals surface area contributed by atoms with Crippen molar-refractivity contribution in [2.24, 2.45) is 5.92 Å². The summed E-state index contributed by atoms with van der Waals surface area (Å²) in [6.07, 6.45) is 1.23. The minimum Gasteiger partial charge on any atom is -0.448 e. The van der Waals surface area contributed by atoms with Crippen molar-refractivity contribution in [1.82, 2.24) is 14.5 Å². The molecule has 2 fully saturated rings. The Kier molecular flexibility index (Phi) is 6.33. The van der Waals surface area contributed by atoms with Gasteiger partial charge in [-0.1, -0.05) is 30.3 Å². The van der Waals surface area contributed by atoms with Crippen LogP contribution in [-0.4, -0.2) is 69.5 Å². The van der Waals surface area contributed by atoms with Crippen LogP contribution in [0.3, 0.4) is 0 Å². The smallest absolute Gasteiger partial charge is 0.410 e. The van der Waals surface area contributed by atoms with E-state index in [0.29, 0.717) is 32.8 Å². The molecule has 8 nitrogen and oxygen atoms in total. The monoisotopic (exact) mass is 395 g/mol. The maximum Gasteiger partial charge on any atom is 0.410 e. The summed E-state index contributed by atoms with van der Waals surface area (Å²) in [5.74, 6) is -0.107. The number of carbonyl (C=O) groups is 2. The fourth-order valence-electron chi connectivity index (χ4n) is 3.38. The summed E-state index contributed by atoms with van der Waals surface area (Å²) >= 11 is 0. The van der Waals surface area contributed by atoms with Gasteiger partial charge < -0.3 is 9.64 Å². The Bertz CT molecular complexity index is 768. The molecule has 2 heterocycles. The van der Waals surface area contributed by atoms with Crippen molar-refractivity contribution in [3.63, 3.8) is 0 Å². The number of benzene rings is 1. The first-order valence-corrected chi connectivity index (χ1v) is 10.8. The van der Waals surface area contributed by atoms with Crippen LogP contribution in [0.1, 0.15) is 18.4 Å². The zero-order valence-corrected chi connectivity index (χ0v) is 16.0.